The minimum atomic E-state index is -0.284. The van der Waals surface area contributed by atoms with Crippen LogP contribution in [0.5, 0.6) is 0 Å². The van der Waals surface area contributed by atoms with E-state index >= 15 is 0 Å². The van der Waals surface area contributed by atoms with Crippen molar-refractivity contribution in [1.29, 1.82) is 0 Å². The molecule has 98 valence electrons. The summed E-state index contributed by atoms with van der Waals surface area (Å²) >= 11 is 3.17. The van der Waals surface area contributed by atoms with Crippen molar-refractivity contribution in [2.45, 2.75) is 38.1 Å². The normalized spacial score (nSPS) is 17.8. The molecule has 0 aromatic heterocycles. The summed E-state index contributed by atoms with van der Waals surface area (Å²) in [4.78, 5) is 4.63. The van der Waals surface area contributed by atoms with E-state index in [4.69, 9.17) is 5.84 Å². The number of amidine groups is 1. The Hall–Kier alpha value is -0.940. The maximum Gasteiger partial charge on any atom is 0.142 e. The molecule has 5 heteroatoms. The van der Waals surface area contributed by atoms with Crippen molar-refractivity contribution in [3.63, 3.8) is 0 Å². The third-order valence-electron chi connectivity index (χ3n) is 3.22. The summed E-state index contributed by atoms with van der Waals surface area (Å²) in [5, 5.41) is 0. The molecule has 0 unspecified atom stereocenters. The second kappa shape index (κ2) is 6.29. The lowest BCUT2D eigenvalue weighted by atomic mass is 9.96. The van der Waals surface area contributed by atoms with Crippen LogP contribution in [0.15, 0.2) is 27.7 Å². The lowest BCUT2D eigenvalue weighted by Gasteiger charge is -2.19. The highest BCUT2D eigenvalue weighted by Gasteiger charge is 2.14. The average Bonchev–Trinajstić information content (AvgIpc) is 2.40. The fourth-order valence-electron chi connectivity index (χ4n) is 2.23. The van der Waals surface area contributed by atoms with Crippen molar-refractivity contribution >= 4 is 21.8 Å². The fraction of sp³-hybridized carbons (Fsp3) is 0.462. The van der Waals surface area contributed by atoms with Crippen LogP contribution >= 0.6 is 15.9 Å². The first-order valence-electron chi connectivity index (χ1n) is 6.20. The van der Waals surface area contributed by atoms with E-state index in [0.29, 0.717) is 16.4 Å². The van der Waals surface area contributed by atoms with Crippen molar-refractivity contribution in [2.24, 2.45) is 10.8 Å². The molecule has 0 spiro atoms. The molecule has 1 saturated carbocycles. The van der Waals surface area contributed by atoms with E-state index in [2.05, 4.69) is 26.3 Å². The number of hydrogen-bond donors (Lipinski definition) is 2. The molecule has 0 bridgehead atoms. The Morgan fingerprint density at radius 1 is 1.33 bits per heavy atom. The zero-order valence-corrected chi connectivity index (χ0v) is 11.7. The standard InChI is InChI=1S/C13H17BrFN3/c14-11-8-9(6-7-12(11)15)13(18-16)17-10-4-2-1-3-5-10/h6-8,10H,1-5,16H2,(H,17,18). The van der Waals surface area contributed by atoms with Gasteiger partial charge in [0, 0.05) is 5.56 Å². The number of nitrogens with zero attached hydrogens (tertiary/aromatic N) is 1. The summed E-state index contributed by atoms with van der Waals surface area (Å²) in [6.45, 7) is 0. The largest absolute Gasteiger partial charge is 0.308 e. The molecule has 1 fully saturated rings. The van der Waals surface area contributed by atoms with Crippen LogP contribution in [0, 0.1) is 5.82 Å². The van der Waals surface area contributed by atoms with Gasteiger partial charge in [0.2, 0.25) is 0 Å². The van der Waals surface area contributed by atoms with E-state index in [1.54, 1.807) is 12.1 Å². The molecule has 1 aromatic rings. The van der Waals surface area contributed by atoms with Crippen LogP contribution in [0.4, 0.5) is 4.39 Å². The molecule has 1 aromatic carbocycles. The Bertz CT molecular complexity index is 442. The van der Waals surface area contributed by atoms with Gasteiger partial charge in [0.25, 0.3) is 0 Å². The predicted octanol–water partition coefficient (Wildman–Crippen LogP) is 3.13. The summed E-state index contributed by atoms with van der Waals surface area (Å²) in [6, 6.07) is 5.11. The summed E-state index contributed by atoms with van der Waals surface area (Å²) in [5.41, 5.74) is 3.42. The number of halogens is 2. The highest BCUT2D eigenvalue weighted by molar-refractivity contribution is 9.10. The minimum absolute atomic E-state index is 0.284. The Labute approximate surface area is 115 Å². The van der Waals surface area contributed by atoms with E-state index in [1.807, 2.05) is 0 Å². The van der Waals surface area contributed by atoms with Crippen molar-refractivity contribution in [2.75, 3.05) is 0 Å². The molecule has 2 rings (SSSR count). The lowest BCUT2D eigenvalue weighted by molar-refractivity contribution is 0.442. The number of nitrogens with two attached hydrogens (primary N) is 1. The van der Waals surface area contributed by atoms with Crippen LogP contribution in [0.3, 0.4) is 0 Å². The summed E-state index contributed by atoms with van der Waals surface area (Å²) < 4.78 is 13.6. The molecule has 0 amide bonds. The second-order valence-corrected chi connectivity index (χ2v) is 5.40. The SMILES string of the molecule is NNC(=NC1CCCCC1)c1ccc(F)c(Br)c1. The van der Waals surface area contributed by atoms with Crippen LogP contribution in [-0.2, 0) is 0 Å². The maximum atomic E-state index is 13.2. The molecule has 0 aliphatic heterocycles. The Balaban J connectivity index is 2.20. The lowest BCUT2D eigenvalue weighted by Crippen LogP contribution is -2.32. The van der Waals surface area contributed by atoms with Gasteiger partial charge in [0.05, 0.1) is 10.5 Å². The van der Waals surface area contributed by atoms with Gasteiger partial charge < -0.3 is 5.43 Å². The zero-order chi connectivity index (χ0) is 13.0. The minimum Gasteiger partial charge on any atom is -0.308 e. The molecule has 1 aliphatic rings. The molecule has 18 heavy (non-hydrogen) atoms. The number of hydrogen-bond acceptors (Lipinski definition) is 2. The van der Waals surface area contributed by atoms with Gasteiger partial charge in [0.1, 0.15) is 11.7 Å². The molecule has 0 radical (unpaired) electrons. The smallest absolute Gasteiger partial charge is 0.142 e. The third-order valence-corrected chi connectivity index (χ3v) is 3.82. The molecule has 1 aliphatic carbocycles. The number of aliphatic imine (C=N–C) groups is 1. The Morgan fingerprint density at radius 3 is 2.67 bits per heavy atom. The Morgan fingerprint density at radius 2 is 2.06 bits per heavy atom. The number of rotatable bonds is 2. The molecule has 3 N–H and O–H groups in total. The summed E-state index contributed by atoms with van der Waals surface area (Å²) in [7, 11) is 0. The first-order valence-corrected chi connectivity index (χ1v) is 7.00. The van der Waals surface area contributed by atoms with Crippen LogP contribution < -0.4 is 11.3 Å². The molecule has 0 atom stereocenters. The van der Waals surface area contributed by atoms with E-state index in [1.165, 1.54) is 25.3 Å². The van der Waals surface area contributed by atoms with Gasteiger partial charge in [-0.1, -0.05) is 19.3 Å². The second-order valence-electron chi connectivity index (χ2n) is 4.54. The van der Waals surface area contributed by atoms with Gasteiger partial charge in [-0.05, 0) is 47.0 Å². The van der Waals surface area contributed by atoms with E-state index in [-0.39, 0.29) is 5.82 Å². The van der Waals surface area contributed by atoms with Crippen LogP contribution in [0.2, 0.25) is 0 Å². The van der Waals surface area contributed by atoms with Crippen molar-refractivity contribution in [1.82, 2.24) is 5.43 Å². The highest BCUT2D eigenvalue weighted by atomic mass is 79.9. The van der Waals surface area contributed by atoms with E-state index < -0.39 is 0 Å². The monoisotopic (exact) mass is 313 g/mol. The highest BCUT2D eigenvalue weighted by Crippen LogP contribution is 2.22. The Kier molecular flexibility index (Phi) is 4.72. The van der Waals surface area contributed by atoms with Crippen molar-refractivity contribution in [3.8, 4) is 0 Å². The third kappa shape index (κ3) is 3.29. The number of benzene rings is 1. The van der Waals surface area contributed by atoms with Crippen LogP contribution in [0.1, 0.15) is 37.7 Å². The fourth-order valence-corrected chi connectivity index (χ4v) is 2.61. The summed E-state index contributed by atoms with van der Waals surface area (Å²) in [5.74, 6) is 5.86. The molecule has 0 heterocycles. The van der Waals surface area contributed by atoms with Crippen LogP contribution in [0.25, 0.3) is 0 Å². The summed E-state index contributed by atoms with van der Waals surface area (Å²) in [6.07, 6.45) is 5.94. The first kappa shape index (κ1) is 13.5. The maximum absolute atomic E-state index is 13.2. The average molecular weight is 314 g/mol. The van der Waals surface area contributed by atoms with Crippen molar-refractivity contribution in [3.05, 3.63) is 34.1 Å². The van der Waals surface area contributed by atoms with Gasteiger partial charge in [-0.25, -0.2) is 10.2 Å². The van der Waals surface area contributed by atoms with Gasteiger partial charge in [-0.15, -0.1) is 0 Å². The molecule has 0 saturated heterocycles. The first-order chi connectivity index (χ1) is 8.70. The van der Waals surface area contributed by atoms with Gasteiger partial charge in [-0.3, -0.25) is 4.99 Å². The topological polar surface area (TPSA) is 50.4 Å². The van der Waals surface area contributed by atoms with E-state index in [9.17, 15) is 4.39 Å². The number of nitrogens with one attached hydrogen (secondary N) is 1. The van der Waals surface area contributed by atoms with Crippen LogP contribution in [-0.4, -0.2) is 11.9 Å². The molecule has 3 nitrogen and oxygen atoms in total. The molecular weight excluding hydrogens is 297 g/mol. The van der Waals surface area contributed by atoms with Gasteiger partial charge in [-0.2, -0.15) is 0 Å². The van der Waals surface area contributed by atoms with Gasteiger partial charge >= 0.3 is 0 Å². The number of hydrazine groups is 1. The quantitative estimate of drug-likeness (QED) is 0.381. The predicted molar refractivity (Wildman–Crippen MR) is 74.8 cm³/mol. The van der Waals surface area contributed by atoms with Gasteiger partial charge in [0.15, 0.2) is 0 Å². The van der Waals surface area contributed by atoms with E-state index in [0.717, 1.165) is 18.4 Å². The van der Waals surface area contributed by atoms with Crippen molar-refractivity contribution < 1.29 is 4.39 Å². The zero-order valence-electron chi connectivity index (χ0n) is 10.1. The molecular formula is C13H17BrFN3.